The molecular formula is C15H17N7O. The Kier molecular flexibility index (Phi) is 3.51. The Morgan fingerprint density at radius 3 is 2.96 bits per heavy atom. The highest BCUT2D eigenvalue weighted by Crippen LogP contribution is 2.21. The summed E-state index contributed by atoms with van der Waals surface area (Å²) in [4.78, 5) is 8.76. The van der Waals surface area contributed by atoms with E-state index in [2.05, 4.69) is 30.9 Å². The maximum atomic E-state index is 5.85. The summed E-state index contributed by atoms with van der Waals surface area (Å²) in [6, 6.07) is 5.83. The van der Waals surface area contributed by atoms with E-state index in [0.29, 0.717) is 12.5 Å². The lowest BCUT2D eigenvalue weighted by atomic mass is 10.1. The topological polar surface area (TPSA) is 115 Å². The number of hydrogen-bond acceptors (Lipinski definition) is 8. The van der Waals surface area contributed by atoms with E-state index < -0.39 is 0 Å². The lowest BCUT2D eigenvalue weighted by Gasteiger charge is -2.13. The van der Waals surface area contributed by atoms with Gasteiger partial charge in [0.2, 0.25) is 5.95 Å². The summed E-state index contributed by atoms with van der Waals surface area (Å²) in [6.07, 6.45) is 1.76. The van der Waals surface area contributed by atoms with Crippen LogP contribution in [0.15, 0.2) is 22.8 Å². The summed E-state index contributed by atoms with van der Waals surface area (Å²) in [7, 11) is 0. The monoisotopic (exact) mass is 311 g/mol. The maximum Gasteiger partial charge on any atom is 0.222 e. The molecule has 23 heavy (non-hydrogen) atoms. The number of rotatable bonds is 3. The molecular weight excluding hydrogens is 294 g/mol. The predicted molar refractivity (Wildman–Crippen MR) is 85.9 cm³/mol. The van der Waals surface area contributed by atoms with E-state index in [1.807, 2.05) is 18.2 Å². The molecule has 0 aliphatic carbocycles. The fraction of sp³-hybridized carbons (Fsp3) is 0.333. The molecule has 2 aromatic heterocycles. The van der Waals surface area contributed by atoms with Gasteiger partial charge in [0.25, 0.3) is 0 Å². The number of nitrogens with two attached hydrogens (primary N) is 1. The Bertz CT molecular complexity index is 845. The van der Waals surface area contributed by atoms with Crippen LogP contribution in [0.4, 0.5) is 11.8 Å². The van der Waals surface area contributed by atoms with Crippen LogP contribution in [0.2, 0.25) is 0 Å². The molecule has 8 heteroatoms. The number of fused-ring (bicyclic) bond motifs is 2. The van der Waals surface area contributed by atoms with E-state index in [1.54, 1.807) is 0 Å². The first-order chi connectivity index (χ1) is 11.3. The van der Waals surface area contributed by atoms with Crippen LogP contribution in [0, 0.1) is 0 Å². The van der Waals surface area contributed by atoms with Gasteiger partial charge in [-0.1, -0.05) is 6.07 Å². The van der Waals surface area contributed by atoms with Gasteiger partial charge in [-0.3, -0.25) is 0 Å². The zero-order chi connectivity index (χ0) is 15.6. The lowest BCUT2D eigenvalue weighted by molar-refractivity contribution is 0.315. The first-order valence-corrected chi connectivity index (χ1v) is 7.60. The van der Waals surface area contributed by atoms with E-state index in [0.717, 1.165) is 59.6 Å². The van der Waals surface area contributed by atoms with Gasteiger partial charge in [0.15, 0.2) is 0 Å². The van der Waals surface area contributed by atoms with Gasteiger partial charge in [0.05, 0.1) is 5.69 Å². The Balaban J connectivity index is 1.59. The molecule has 0 fully saturated rings. The summed E-state index contributed by atoms with van der Waals surface area (Å²) < 4.78 is 4.72. The summed E-state index contributed by atoms with van der Waals surface area (Å²) >= 11 is 0. The van der Waals surface area contributed by atoms with Gasteiger partial charge in [-0.25, -0.2) is 9.61 Å². The molecule has 3 aromatic rings. The third kappa shape index (κ3) is 2.80. The average molecular weight is 311 g/mol. The summed E-state index contributed by atoms with van der Waals surface area (Å²) in [5.41, 5.74) is 10.6. The summed E-state index contributed by atoms with van der Waals surface area (Å²) in [5.74, 6) is 1.12. The molecule has 4 rings (SSSR count). The SMILES string of the molecule is Nc1nc2c(c(NCc3ccc4nonc4c3)n1)CCNCC2. The van der Waals surface area contributed by atoms with E-state index >= 15 is 0 Å². The second-order valence-electron chi connectivity index (χ2n) is 5.55. The van der Waals surface area contributed by atoms with Crippen LogP contribution >= 0.6 is 0 Å². The van der Waals surface area contributed by atoms with E-state index in [-0.39, 0.29) is 0 Å². The minimum Gasteiger partial charge on any atom is -0.368 e. The standard InChI is InChI=1S/C15H17N7O/c16-15-19-11-4-6-17-5-3-10(11)14(20-15)18-8-9-1-2-12-13(7-9)22-23-21-12/h1-2,7,17H,3-6,8H2,(H3,16,18,19,20). The van der Waals surface area contributed by atoms with Gasteiger partial charge < -0.3 is 16.4 Å². The van der Waals surface area contributed by atoms with Crippen molar-refractivity contribution >= 4 is 22.8 Å². The second kappa shape index (κ2) is 5.81. The van der Waals surface area contributed by atoms with E-state index in [9.17, 15) is 0 Å². The number of aromatic nitrogens is 4. The number of nitrogens with zero attached hydrogens (tertiary/aromatic N) is 4. The van der Waals surface area contributed by atoms with Gasteiger partial charge in [0, 0.05) is 25.1 Å². The van der Waals surface area contributed by atoms with E-state index in [1.165, 1.54) is 0 Å². The molecule has 3 heterocycles. The molecule has 0 unspecified atom stereocenters. The molecule has 1 aromatic carbocycles. The van der Waals surface area contributed by atoms with Gasteiger partial charge >= 0.3 is 0 Å². The van der Waals surface area contributed by atoms with Gasteiger partial charge in [-0.05, 0) is 41.0 Å². The Labute approximate surface area is 132 Å². The third-order valence-electron chi connectivity index (χ3n) is 3.98. The van der Waals surface area contributed by atoms with Crippen molar-refractivity contribution in [3.05, 3.63) is 35.0 Å². The van der Waals surface area contributed by atoms with Crippen molar-refractivity contribution in [3.63, 3.8) is 0 Å². The van der Waals surface area contributed by atoms with Crippen molar-refractivity contribution in [2.75, 3.05) is 24.1 Å². The molecule has 0 saturated heterocycles. The molecule has 0 atom stereocenters. The highest BCUT2D eigenvalue weighted by Gasteiger charge is 2.15. The molecule has 4 N–H and O–H groups in total. The third-order valence-corrected chi connectivity index (χ3v) is 3.98. The first-order valence-electron chi connectivity index (χ1n) is 7.60. The molecule has 0 saturated carbocycles. The highest BCUT2D eigenvalue weighted by atomic mass is 16.6. The molecule has 0 amide bonds. The van der Waals surface area contributed by atoms with E-state index in [4.69, 9.17) is 10.4 Å². The molecule has 0 radical (unpaired) electrons. The van der Waals surface area contributed by atoms with Crippen molar-refractivity contribution in [1.29, 1.82) is 0 Å². The highest BCUT2D eigenvalue weighted by molar-refractivity contribution is 5.73. The van der Waals surface area contributed by atoms with Crippen LogP contribution in [0.5, 0.6) is 0 Å². The average Bonchev–Trinajstić information content (AvgIpc) is 2.89. The lowest BCUT2D eigenvalue weighted by Crippen LogP contribution is -2.16. The number of anilines is 2. The number of nitrogen functional groups attached to an aromatic ring is 1. The first kappa shape index (κ1) is 13.9. The van der Waals surface area contributed by atoms with Crippen LogP contribution in [-0.2, 0) is 19.4 Å². The fourth-order valence-electron chi connectivity index (χ4n) is 2.83. The number of nitrogens with one attached hydrogen (secondary N) is 2. The van der Waals surface area contributed by atoms with Crippen LogP contribution < -0.4 is 16.4 Å². The van der Waals surface area contributed by atoms with Gasteiger partial charge in [-0.2, -0.15) is 4.98 Å². The van der Waals surface area contributed by atoms with Gasteiger partial charge in [-0.15, -0.1) is 0 Å². The van der Waals surface area contributed by atoms with Gasteiger partial charge in [0.1, 0.15) is 16.9 Å². The Morgan fingerprint density at radius 1 is 1.13 bits per heavy atom. The molecule has 0 spiro atoms. The molecule has 1 aliphatic heterocycles. The van der Waals surface area contributed by atoms with Crippen LogP contribution in [0.25, 0.3) is 11.0 Å². The molecule has 1 aliphatic rings. The zero-order valence-electron chi connectivity index (χ0n) is 12.5. The number of benzene rings is 1. The number of hydrogen-bond donors (Lipinski definition) is 3. The zero-order valence-corrected chi connectivity index (χ0v) is 12.5. The van der Waals surface area contributed by atoms with Crippen LogP contribution in [-0.4, -0.2) is 33.4 Å². The molecule has 8 nitrogen and oxygen atoms in total. The Morgan fingerprint density at radius 2 is 2.00 bits per heavy atom. The minimum absolute atomic E-state index is 0.310. The van der Waals surface area contributed by atoms with Crippen molar-refractivity contribution < 1.29 is 4.63 Å². The molecule has 0 bridgehead atoms. The fourth-order valence-corrected chi connectivity index (χ4v) is 2.83. The van der Waals surface area contributed by atoms with Crippen molar-refractivity contribution in [2.45, 2.75) is 19.4 Å². The molecule has 118 valence electrons. The second-order valence-corrected chi connectivity index (χ2v) is 5.55. The van der Waals surface area contributed by atoms with Crippen LogP contribution in [0.3, 0.4) is 0 Å². The van der Waals surface area contributed by atoms with Crippen molar-refractivity contribution in [3.8, 4) is 0 Å². The normalized spacial score (nSPS) is 14.4. The predicted octanol–water partition coefficient (Wildman–Crippen LogP) is 0.895. The Hall–Kier alpha value is -2.74. The minimum atomic E-state index is 0.310. The van der Waals surface area contributed by atoms with Crippen LogP contribution in [0.1, 0.15) is 16.8 Å². The van der Waals surface area contributed by atoms with Crippen molar-refractivity contribution in [2.24, 2.45) is 0 Å². The quantitative estimate of drug-likeness (QED) is 0.653. The summed E-state index contributed by atoms with van der Waals surface area (Å²) in [6.45, 7) is 2.46. The largest absolute Gasteiger partial charge is 0.368 e. The maximum absolute atomic E-state index is 5.85. The van der Waals surface area contributed by atoms with Crippen molar-refractivity contribution in [1.82, 2.24) is 25.6 Å². The smallest absolute Gasteiger partial charge is 0.222 e. The summed E-state index contributed by atoms with van der Waals surface area (Å²) in [5, 5.41) is 14.4.